The van der Waals surface area contributed by atoms with Gasteiger partial charge in [-0.15, -0.1) is 0 Å². The Labute approximate surface area is 134 Å². The summed E-state index contributed by atoms with van der Waals surface area (Å²) in [5.74, 6) is -1.13. The molecule has 0 fully saturated rings. The SMILES string of the molecule is N#CCCN(c1ccccc1)S(=O)(=O)c1ccc(C(=O)O)cc1. The molecular formula is C16H14N2O4S. The van der Waals surface area contributed by atoms with Crippen LogP contribution in [-0.4, -0.2) is 26.0 Å². The number of nitriles is 1. The second-order valence-corrected chi connectivity index (χ2v) is 6.51. The largest absolute Gasteiger partial charge is 0.478 e. The summed E-state index contributed by atoms with van der Waals surface area (Å²) in [7, 11) is -3.88. The van der Waals surface area contributed by atoms with Gasteiger partial charge in [-0.25, -0.2) is 13.2 Å². The molecular weight excluding hydrogens is 316 g/mol. The standard InChI is InChI=1S/C16H14N2O4S/c17-11-4-12-18(14-5-2-1-3-6-14)23(21,22)15-9-7-13(8-10-15)16(19)20/h1-3,5-10H,4,12H2,(H,19,20). The van der Waals surface area contributed by atoms with Crippen molar-refractivity contribution in [2.75, 3.05) is 10.8 Å². The van der Waals surface area contributed by atoms with Gasteiger partial charge >= 0.3 is 5.97 Å². The molecule has 2 aromatic carbocycles. The first-order chi connectivity index (χ1) is 11.0. The summed E-state index contributed by atoms with van der Waals surface area (Å²) in [6.45, 7) is 0.0174. The first-order valence-corrected chi connectivity index (χ1v) is 8.19. The van der Waals surface area contributed by atoms with Gasteiger partial charge in [0.2, 0.25) is 0 Å². The van der Waals surface area contributed by atoms with Gasteiger partial charge in [0.1, 0.15) is 0 Å². The van der Waals surface area contributed by atoms with Gasteiger partial charge in [-0.1, -0.05) is 18.2 Å². The van der Waals surface area contributed by atoms with Crippen LogP contribution in [0.5, 0.6) is 0 Å². The lowest BCUT2D eigenvalue weighted by Crippen LogP contribution is -2.31. The Morgan fingerprint density at radius 2 is 1.70 bits per heavy atom. The highest BCUT2D eigenvalue weighted by atomic mass is 32.2. The molecule has 0 saturated heterocycles. The van der Waals surface area contributed by atoms with Crippen LogP contribution in [0.4, 0.5) is 5.69 Å². The molecule has 0 aliphatic carbocycles. The Hall–Kier alpha value is -2.85. The molecule has 7 heteroatoms. The predicted octanol–water partition coefficient (Wildman–Crippen LogP) is 2.49. The van der Waals surface area contributed by atoms with Gasteiger partial charge in [0.25, 0.3) is 10.0 Å². The maximum absolute atomic E-state index is 12.8. The molecule has 1 N–H and O–H groups in total. The van der Waals surface area contributed by atoms with Crippen LogP contribution < -0.4 is 4.31 Å². The highest BCUT2D eigenvalue weighted by molar-refractivity contribution is 7.92. The molecule has 0 bridgehead atoms. The van der Waals surface area contributed by atoms with Gasteiger partial charge in [-0.3, -0.25) is 4.31 Å². The fourth-order valence-corrected chi connectivity index (χ4v) is 3.50. The molecule has 0 saturated carbocycles. The summed E-state index contributed by atoms with van der Waals surface area (Å²) in [5, 5.41) is 17.6. The number of rotatable bonds is 6. The van der Waals surface area contributed by atoms with Crippen LogP contribution in [0.3, 0.4) is 0 Å². The number of nitrogens with zero attached hydrogens (tertiary/aromatic N) is 2. The van der Waals surface area contributed by atoms with E-state index in [2.05, 4.69) is 0 Å². The van der Waals surface area contributed by atoms with Crippen molar-refractivity contribution in [3.8, 4) is 6.07 Å². The molecule has 0 aliphatic rings. The summed E-state index contributed by atoms with van der Waals surface area (Å²) >= 11 is 0. The first-order valence-electron chi connectivity index (χ1n) is 6.75. The third-order valence-electron chi connectivity index (χ3n) is 3.16. The van der Waals surface area contributed by atoms with Crippen molar-refractivity contribution in [2.24, 2.45) is 0 Å². The molecule has 2 rings (SSSR count). The van der Waals surface area contributed by atoms with Crippen LogP contribution in [0, 0.1) is 11.3 Å². The molecule has 2 aromatic rings. The molecule has 6 nitrogen and oxygen atoms in total. The van der Waals surface area contributed by atoms with E-state index in [1.807, 2.05) is 6.07 Å². The number of hydrogen-bond donors (Lipinski definition) is 1. The van der Waals surface area contributed by atoms with E-state index in [-0.39, 0.29) is 23.4 Å². The maximum Gasteiger partial charge on any atom is 0.335 e. The van der Waals surface area contributed by atoms with E-state index in [1.165, 1.54) is 24.3 Å². The summed E-state index contributed by atoms with van der Waals surface area (Å²) in [6.07, 6.45) is 0.0430. The Kier molecular flexibility index (Phi) is 4.98. The van der Waals surface area contributed by atoms with E-state index in [1.54, 1.807) is 30.3 Å². The van der Waals surface area contributed by atoms with Crippen LogP contribution in [0.25, 0.3) is 0 Å². The minimum absolute atomic E-state index is 0.00670. The lowest BCUT2D eigenvalue weighted by atomic mass is 10.2. The number of carboxylic acids is 1. The molecule has 0 unspecified atom stereocenters. The number of hydrogen-bond acceptors (Lipinski definition) is 4. The van der Waals surface area contributed by atoms with Crippen molar-refractivity contribution in [1.29, 1.82) is 5.26 Å². The lowest BCUT2D eigenvalue weighted by Gasteiger charge is -2.23. The Balaban J connectivity index is 2.43. The van der Waals surface area contributed by atoms with E-state index in [0.29, 0.717) is 5.69 Å². The minimum Gasteiger partial charge on any atom is -0.478 e. The van der Waals surface area contributed by atoms with E-state index in [4.69, 9.17) is 10.4 Å². The van der Waals surface area contributed by atoms with Crippen molar-refractivity contribution in [1.82, 2.24) is 0 Å². The Morgan fingerprint density at radius 1 is 1.09 bits per heavy atom. The van der Waals surface area contributed by atoms with Gasteiger partial charge in [0.05, 0.1) is 28.6 Å². The number of carboxylic acid groups (broad SMARTS) is 1. The van der Waals surface area contributed by atoms with Crippen molar-refractivity contribution >= 4 is 21.7 Å². The second kappa shape index (κ2) is 6.94. The van der Waals surface area contributed by atoms with Gasteiger partial charge < -0.3 is 5.11 Å². The minimum atomic E-state index is -3.88. The van der Waals surface area contributed by atoms with Crippen LogP contribution >= 0.6 is 0 Å². The van der Waals surface area contributed by atoms with Crippen LogP contribution in [0.2, 0.25) is 0 Å². The Bertz CT molecular complexity index is 825. The van der Waals surface area contributed by atoms with Crippen LogP contribution in [-0.2, 0) is 10.0 Å². The summed E-state index contributed by atoms with van der Waals surface area (Å²) in [4.78, 5) is 10.8. The fraction of sp³-hybridized carbons (Fsp3) is 0.125. The zero-order chi connectivity index (χ0) is 16.9. The van der Waals surface area contributed by atoms with Crippen LogP contribution in [0.15, 0.2) is 59.5 Å². The molecule has 0 heterocycles. The maximum atomic E-state index is 12.8. The van der Waals surface area contributed by atoms with E-state index in [0.717, 1.165) is 4.31 Å². The van der Waals surface area contributed by atoms with Crippen molar-refractivity contribution < 1.29 is 18.3 Å². The molecule has 0 aliphatic heterocycles. The third-order valence-corrected chi connectivity index (χ3v) is 5.00. The fourth-order valence-electron chi connectivity index (χ4n) is 2.03. The normalized spacial score (nSPS) is 10.7. The van der Waals surface area contributed by atoms with Gasteiger partial charge in [-0.2, -0.15) is 5.26 Å². The zero-order valence-electron chi connectivity index (χ0n) is 12.1. The van der Waals surface area contributed by atoms with Gasteiger partial charge in [0.15, 0.2) is 0 Å². The average Bonchev–Trinajstić information content (AvgIpc) is 2.56. The van der Waals surface area contributed by atoms with Crippen molar-refractivity contribution in [3.63, 3.8) is 0 Å². The van der Waals surface area contributed by atoms with Crippen molar-refractivity contribution in [2.45, 2.75) is 11.3 Å². The molecule has 118 valence electrons. The quantitative estimate of drug-likeness (QED) is 0.877. The van der Waals surface area contributed by atoms with Crippen molar-refractivity contribution in [3.05, 3.63) is 60.2 Å². The van der Waals surface area contributed by atoms with E-state index < -0.39 is 16.0 Å². The number of aromatic carboxylic acids is 1. The van der Waals surface area contributed by atoms with Crippen LogP contribution in [0.1, 0.15) is 16.8 Å². The number of benzene rings is 2. The molecule has 0 radical (unpaired) electrons. The molecule has 0 amide bonds. The van der Waals surface area contributed by atoms with Gasteiger partial charge in [0, 0.05) is 6.54 Å². The summed E-state index contributed by atoms with van der Waals surface area (Å²) < 4.78 is 26.7. The first kappa shape index (κ1) is 16.5. The third kappa shape index (κ3) is 3.67. The highest BCUT2D eigenvalue weighted by Crippen LogP contribution is 2.24. The number of carbonyl (C=O) groups is 1. The molecule has 0 aromatic heterocycles. The average molecular weight is 330 g/mol. The number of sulfonamides is 1. The predicted molar refractivity (Wildman–Crippen MR) is 84.6 cm³/mol. The zero-order valence-corrected chi connectivity index (χ0v) is 12.9. The summed E-state index contributed by atoms with van der Waals surface area (Å²) in [6, 6.07) is 15.4. The monoisotopic (exact) mass is 330 g/mol. The van der Waals surface area contributed by atoms with E-state index >= 15 is 0 Å². The lowest BCUT2D eigenvalue weighted by molar-refractivity contribution is 0.0696. The van der Waals surface area contributed by atoms with Gasteiger partial charge in [-0.05, 0) is 36.4 Å². The van der Waals surface area contributed by atoms with E-state index in [9.17, 15) is 13.2 Å². The smallest absolute Gasteiger partial charge is 0.335 e. The summed E-state index contributed by atoms with van der Waals surface area (Å²) in [5.41, 5.74) is 0.456. The molecule has 0 spiro atoms. The highest BCUT2D eigenvalue weighted by Gasteiger charge is 2.24. The number of anilines is 1. The number of para-hydroxylation sites is 1. The second-order valence-electron chi connectivity index (χ2n) is 4.65. The molecule has 0 atom stereocenters. The molecule has 23 heavy (non-hydrogen) atoms. The Morgan fingerprint density at radius 3 is 2.22 bits per heavy atom. The topological polar surface area (TPSA) is 98.5 Å².